The fraction of sp³-hybridized carbons (Fsp3) is 0.850. The van der Waals surface area contributed by atoms with E-state index in [0.29, 0.717) is 12.6 Å². The fourth-order valence-electron chi connectivity index (χ4n) is 4.22. The van der Waals surface area contributed by atoms with Crippen LogP contribution in [0.3, 0.4) is 0 Å². The molecule has 3 rings (SSSR count). The van der Waals surface area contributed by atoms with Crippen LogP contribution >= 0.6 is 0 Å². The number of hydrogen-bond acceptors (Lipinski definition) is 3. The van der Waals surface area contributed by atoms with Crippen LogP contribution in [0.5, 0.6) is 0 Å². The lowest BCUT2D eigenvalue weighted by Crippen LogP contribution is -2.42. The van der Waals surface area contributed by atoms with Crippen molar-refractivity contribution in [3.05, 3.63) is 11.6 Å². The van der Waals surface area contributed by atoms with Crippen LogP contribution in [0.25, 0.3) is 0 Å². The number of guanidine groups is 1. The van der Waals surface area contributed by atoms with Gasteiger partial charge in [0.15, 0.2) is 11.8 Å². The number of unbranched alkanes of at least 4 members (excludes halogenated alkanes) is 1. The summed E-state index contributed by atoms with van der Waals surface area (Å²) < 4.78 is 2.01. The first-order chi connectivity index (χ1) is 12.7. The molecule has 6 heteroatoms. The van der Waals surface area contributed by atoms with Crippen LogP contribution in [0, 0.1) is 12.8 Å². The van der Waals surface area contributed by atoms with E-state index < -0.39 is 0 Å². The maximum atomic E-state index is 4.78. The van der Waals surface area contributed by atoms with Crippen molar-refractivity contribution < 1.29 is 0 Å². The highest BCUT2D eigenvalue weighted by atomic mass is 15.3. The van der Waals surface area contributed by atoms with Crippen LogP contribution in [0.4, 0.5) is 0 Å². The van der Waals surface area contributed by atoms with Gasteiger partial charge in [-0.2, -0.15) is 0 Å². The Labute approximate surface area is 158 Å². The van der Waals surface area contributed by atoms with E-state index in [9.17, 15) is 0 Å². The summed E-state index contributed by atoms with van der Waals surface area (Å²) in [5, 5.41) is 15.5. The second-order valence-electron chi connectivity index (χ2n) is 8.09. The summed E-state index contributed by atoms with van der Waals surface area (Å²) in [6.45, 7) is 3.55. The zero-order chi connectivity index (χ0) is 18.2. The van der Waals surface area contributed by atoms with Gasteiger partial charge >= 0.3 is 0 Å². The minimum absolute atomic E-state index is 0.570. The van der Waals surface area contributed by atoms with E-state index in [-0.39, 0.29) is 0 Å². The van der Waals surface area contributed by atoms with Crippen molar-refractivity contribution in [2.45, 2.75) is 90.1 Å². The number of nitrogens with one attached hydrogen (secondary N) is 2. The van der Waals surface area contributed by atoms with Gasteiger partial charge in [0, 0.05) is 19.6 Å². The summed E-state index contributed by atoms with van der Waals surface area (Å²) in [5.74, 6) is 3.79. The molecule has 2 aliphatic carbocycles. The maximum absolute atomic E-state index is 4.78. The van der Waals surface area contributed by atoms with Crippen LogP contribution in [0.2, 0.25) is 0 Å². The smallest absolute Gasteiger partial charge is 0.191 e. The fourth-order valence-corrected chi connectivity index (χ4v) is 4.22. The van der Waals surface area contributed by atoms with Crippen molar-refractivity contribution in [3.8, 4) is 0 Å². The summed E-state index contributed by atoms with van der Waals surface area (Å²) in [5.41, 5.74) is 0. The highest BCUT2D eigenvalue weighted by Crippen LogP contribution is 2.28. The van der Waals surface area contributed by atoms with Crippen molar-refractivity contribution in [3.63, 3.8) is 0 Å². The zero-order valence-electron chi connectivity index (χ0n) is 16.6. The standard InChI is InChI=1S/C20H36N6/c1-16-24-25-19(26(16)2)15-22-20(23-18-12-5-6-13-18)21-14-8-7-11-17-9-3-4-10-17/h17-18H,3-15H2,1-2H3,(H2,21,22,23). The van der Waals surface area contributed by atoms with Gasteiger partial charge in [0.05, 0.1) is 0 Å². The van der Waals surface area contributed by atoms with Crippen molar-refractivity contribution in [2.75, 3.05) is 6.54 Å². The maximum Gasteiger partial charge on any atom is 0.191 e. The number of nitrogens with zero attached hydrogens (tertiary/aromatic N) is 4. The van der Waals surface area contributed by atoms with Gasteiger partial charge in [-0.05, 0) is 32.1 Å². The van der Waals surface area contributed by atoms with Gasteiger partial charge in [0.25, 0.3) is 0 Å². The first-order valence-electron chi connectivity index (χ1n) is 10.6. The Bertz CT molecular complexity index is 567. The third kappa shape index (κ3) is 5.71. The molecule has 1 aromatic heterocycles. The largest absolute Gasteiger partial charge is 0.356 e. The number of hydrogen-bond donors (Lipinski definition) is 2. The summed E-state index contributed by atoms with van der Waals surface area (Å²) in [6.07, 6.45) is 14.9. The van der Waals surface area contributed by atoms with Crippen molar-refractivity contribution >= 4 is 5.96 Å². The molecule has 146 valence electrons. The number of aromatic nitrogens is 3. The van der Waals surface area contributed by atoms with Crippen molar-refractivity contribution in [1.82, 2.24) is 25.4 Å². The molecule has 6 nitrogen and oxygen atoms in total. The highest BCUT2D eigenvalue weighted by molar-refractivity contribution is 5.80. The molecule has 0 amide bonds. The van der Waals surface area contributed by atoms with Gasteiger partial charge in [-0.15, -0.1) is 10.2 Å². The highest BCUT2D eigenvalue weighted by Gasteiger charge is 2.17. The average molecular weight is 361 g/mol. The van der Waals surface area contributed by atoms with Crippen LogP contribution in [0.15, 0.2) is 4.99 Å². The Morgan fingerprint density at radius 2 is 1.81 bits per heavy atom. The minimum atomic E-state index is 0.570. The molecule has 0 bridgehead atoms. The summed E-state index contributed by atoms with van der Waals surface area (Å²) in [4.78, 5) is 4.78. The first kappa shape index (κ1) is 19.2. The van der Waals surface area contributed by atoms with E-state index in [1.165, 1.54) is 70.6 Å². The lowest BCUT2D eigenvalue weighted by molar-refractivity contribution is 0.472. The molecule has 1 heterocycles. The van der Waals surface area contributed by atoms with Gasteiger partial charge in [0.2, 0.25) is 0 Å². The monoisotopic (exact) mass is 360 g/mol. The summed E-state index contributed by atoms with van der Waals surface area (Å²) in [7, 11) is 2.00. The summed E-state index contributed by atoms with van der Waals surface area (Å²) in [6, 6.07) is 0.570. The molecule has 1 aromatic rings. The number of aryl methyl sites for hydroxylation is 1. The molecule has 0 aromatic carbocycles. The normalized spacial score (nSPS) is 19.4. The van der Waals surface area contributed by atoms with Crippen LogP contribution < -0.4 is 10.6 Å². The lowest BCUT2D eigenvalue weighted by Gasteiger charge is -2.17. The molecular weight excluding hydrogens is 324 g/mol. The third-order valence-electron chi connectivity index (χ3n) is 6.06. The van der Waals surface area contributed by atoms with Gasteiger partial charge < -0.3 is 15.2 Å². The Hall–Kier alpha value is -1.59. The summed E-state index contributed by atoms with van der Waals surface area (Å²) >= 11 is 0. The molecule has 0 spiro atoms. The average Bonchev–Trinajstić information content (AvgIpc) is 3.38. The Morgan fingerprint density at radius 1 is 1.08 bits per heavy atom. The minimum Gasteiger partial charge on any atom is -0.356 e. The van der Waals surface area contributed by atoms with Gasteiger partial charge in [0.1, 0.15) is 12.4 Å². The second-order valence-corrected chi connectivity index (χ2v) is 8.09. The molecule has 2 N–H and O–H groups in total. The van der Waals surface area contributed by atoms with Crippen LogP contribution in [0.1, 0.15) is 82.3 Å². The van der Waals surface area contributed by atoms with E-state index >= 15 is 0 Å². The van der Waals surface area contributed by atoms with Crippen LogP contribution in [-0.4, -0.2) is 33.3 Å². The van der Waals surface area contributed by atoms with Gasteiger partial charge in [-0.1, -0.05) is 51.4 Å². The third-order valence-corrected chi connectivity index (χ3v) is 6.06. The quantitative estimate of drug-likeness (QED) is 0.423. The molecule has 0 aliphatic heterocycles. The lowest BCUT2D eigenvalue weighted by atomic mass is 10.0. The van der Waals surface area contributed by atoms with Crippen LogP contribution in [-0.2, 0) is 13.6 Å². The Morgan fingerprint density at radius 3 is 2.50 bits per heavy atom. The van der Waals surface area contributed by atoms with Gasteiger partial charge in [-0.25, -0.2) is 4.99 Å². The van der Waals surface area contributed by atoms with E-state index in [2.05, 4.69) is 20.8 Å². The molecule has 0 radical (unpaired) electrons. The molecular formula is C20H36N6. The van der Waals surface area contributed by atoms with Gasteiger partial charge in [-0.3, -0.25) is 0 Å². The van der Waals surface area contributed by atoms with E-state index in [1.807, 2.05) is 18.5 Å². The Kier molecular flexibility index (Phi) is 7.32. The molecule has 26 heavy (non-hydrogen) atoms. The molecule has 0 saturated heterocycles. The predicted molar refractivity (Wildman–Crippen MR) is 106 cm³/mol. The molecule has 2 fully saturated rings. The number of aliphatic imine (C=N–C) groups is 1. The Balaban J connectivity index is 1.45. The van der Waals surface area contributed by atoms with E-state index in [4.69, 9.17) is 4.99 Å². The second kappa shape index (κ2) is 9.93. The topological polar surface area (TPSA) is 67.1 Å². The SMILES string of the molecule is Cc1nnc(CN=C(NCCCCC2CCCC2)NC2CCCC2)n1C. The first-order valence-corrected chi connectivity index (χ1v) is 10.6. The van der Waals surface area contributed by atoms with Crippen molar-refractivity contribution in [1.29, 1.82) is 0 Å². The van der Waals surface area contributed by atoms with E-state index in [1.54, 1.807) is 0 Å². The van der Waals surface area contributed by atoms with Crippen molar-refractivity contribution in [2.24, 2.45) is 18.0 Å². The zero-order valence-corrected chi connectivity index (χ0v) is 16.6. The van der Waals surface area contributed by atoms with E-state index in [0.717, 1.165) is 30.1 Å². The molecule has 2 saturated carbocycles. The molecule has 2 aliphatic rings. The molecule has 0 atom stereocenters. The molecule has 0 unspecified atom stereocenters. The predicted octanol–water partition coefficient (Wildman–Crippen LogP) is 3.46. The number of rotatable bonds is 8.